The minimum Gasteiger partial charge on any atom is -0.264 e. The van der Waals surface area contributed by atoms with Gasteiger partial charge in [0.1, 0.15) is 5.82 Å². The van der Waals surface area contributed by atoms with E-state index in [0.717, 1.165) is 5.56 Å². The number of halogens is 1. The molecule has 0 spiro atoms. The Kier molecular flexibility index (Phi) is 3.82. The van der Waals surface area contributed by atoms with Crippen LogP contribution in [0.4, 0.5) is 5.82 Å². The van der Waals surface area contributed by atoms with Gasteiger partial charge in [-0.1, -0.05) is 17.7 Å². The van der Waals surface area contributed by atoms with Crippen molar-refractivity contribution in [2.45, 2.75) is 25.3 Å². The molecule has 0 bridgehead atoms. The maximum absolute atomic E-state index is 12.2. The van der Waals surface area contributed by atoms with E-state index in [2.05, 4.69) is 9.82 Å². The van der Waals surface area contributed by atoms with Crippen LogP contribution in [0.15, 0.2) is 35.4 Å². The van der Waals surface area contributed by atoms with Crippen molar-refractivity contribution in [2.24, 2.45) is 0 Å². The number of nitrogens with one attached hydrogen (secondary N) is 1. The highest BCUT2D eigenvalue weighted by Crippen LogP contribution is 2.22. The molecule has 1 aromatic carbocycles. The smallest absolute Gasteiger partial charge is 0.263 e. The van der Waals surface area contributed by atoms with Gasteiger partial charge in [-0.2, -0.15) is 5.10 Å². The zero-order valence-electron chi connectivity index (χ0n) is 10.6. The van der Waals surface area contributed by atoms with Gasteiger partial charge in [0.2, 0.25) is 0 Å². The first-order chi connectivity index (χ1) is 8.94. The van der Waals surface area contributed by atoms with E-state index in [4.69, 9.17) is 11.6 Å². The van der Waals surface area contributed by atoms with E-state index in [1.54, 1.807) is 23.0 Å². The van der Waals surface area contributed by atoms with E-state index >= 15 is 0 Å². The van der Waals surface area contributed by atoms with Crippen LogP contribution in [0.25, 0.3) is 0 Å². The van der Waals surface area contributed by atoms with E-state index in [1.165, 1.54) is 12.1 Å². The number of aryl methyl sites for hydroxylation is 2. The largest absolute Gasteiger partial charge is 0.264 e. The minimum absolute atomic E-state index is 0.131. The van der Waals surface area contributed by atoms with Gasteiger partial charge < -0.3 is 0 Å². The summed E-state index contributed by atoms with van der Waals surface area (Å²) in [5.74, 6) is 0.430. The third-order valence-electron chi connectivity index (χ3n) is 2.71. The molecule has 2 rings (SSSR count). The summed E-state index contributed by atoms with van der Waals surface area (Å²) in [5, 5.41) is 4.43. The second kappa shape index (κ2) is 5.22. The van der Waals surface area contributed by atoms with Crippen molar-refractivity contribution in [1.82, 2.24) is 9.78 Å². The summed E-state index contributed by atoms with van der Waals surface area (Å²) >= 11 is 5.95. The molecule has 0 radical (unpaired) electrons. The molecular formula is C12H14ClN3O2S. The van der Waals surface area contributed by atoms with Gasteiger partial charge in [-0.25, -0.2) is 13.1 Å². The van der Waals surface area contributed by atoms with E-state index in [9.17, 15) is 8.42 Å². The third kappa shape index (κ3) is 2.90. The number of rotatable bonds is 4. The molecule has 0 aliphatic carbocycles. The first-order valence-corrected chi connectivity index (χ1v) is 7.61. The van der Waals surface area contributed by atoms with Crippen molar-refractivity contribution < 1.29 is 8.42 Å². The number of aromatic nitrogens is 2. The van der Waals surface area contributed by atoms with Crippen molar-refractivity contribution in [3.8, 4) is 0 Å². The van der Waals surface area contributed by atoms with Gasteiger partial charge in [0.05, 0.1) is 11.1 Å². The molecular weight excluding hydrogens is 286 g/mol. The summed E-state index contributed by atoms with van der Waals surface area (Å²) in [7, 11) is -3.65. The van der Waals surface area contributed by atoms with Gasteiger partial charge >= 0.3 is 0 Å². The third-order valence-corrected chi connectivity index (χ3v) is 4.47. The quantitative estimate of drug-likeness (QED) is 0.944. The molecule has 1 heterocycles. The second-order valence-electron chi connectivity index (χ2n) is 4.05. The first kappa shape index (κ1) is 13.9. The number of hydrogen-bond donors (Lipinski definition) is 1. The molecule has 0 unspecified atom stereocenters. The molecule has 0 atom stereocenters. The van der Waals surface area contributed by atoms with Gasteiger partial charge in [0, 0.05) is 17.6 Å². The van der Waals surface area contributed by atoms with Crippen LogP contribution in [0.5, 0.6) is 0 Å². The van der Waals surface area contributed by atoms with Crippen LogP contribution in [0, 0.1) is 6.92 Å². The molecule has 0 amide bonds. The topological polar surface area (TPSA) is 64.0 Å². The van der Waals surface area contributed by atoms with Gasteiger partial charge in [-0.15, -0.1) is 0 Å². The average Bonchev–Trinajstić information content (AvgIpc) is 2.79. The lowest BCUT2D eigenvalue weighted by molar-refractivity contribution is 0.599. The first-order valence-electron chi connectivity index (χ1n) is 5.75. The van der Waals surface area contributed by atoms with Crippen LogP contribution >= 0.6 is 11.6 Å². The molecule has 0 saturated heterocycles. The maximum Gasteiger partial charge on any atom is 0.263 e. The van der Waals surface area contributed by atoms with Gasteiger partial charge in [-0.3, -0.25) is 4.72 Å². The Hall–Kier alpha value is -1.53. The van der Waals surface area contributed by atoms with Crippen molar-refractivity contribution in [2.75, 3.05) is 4.72 Å². The Morgan fingerprint density at radius 2 is 2.11 bits per heavy atom. The Labute approximate surface area is 117 Å². The number of anilines is 1. The van der Waals surface area contributed by atoms with Crippen LogP contribution in [0.2, 0.25) is 5.02 Å². The van der Waals surface area contributed by atoms with Crippen molar-refractivity contribution >= 4 is 27.4 Å². The van der Waals surface area contributed by atoms with Crippen LogP contribution in [0.1, 0.15) is 12.5 Å². The van der Waals surface area contributed by atoms with E-state index in [0.29, 0.717) is 17.4 Å². The number of sulfonamides is 1. The fourth-order valence-electron chi connectivity index (χ4n) is 1.61. The van der Waals surface area contributed by atoms with Crippen LogP contribution in [-0.2, 0) is 16.6 Å². The van der Waals surface area contributed by atoms with Crippen LogP contribution < -0.4 is 4.72 Å². The lowest BCUT2D eigenvalue weighted by Gasteiger charge is -2.10. The number of benzene rings is 1. The summed E-state index contributed by atoms with van der Waals surface area (Å²) < 4.78 is 28.5. The highest BCUT2D eigenvalue weighted by molar-refractivity contribution is 7.92. The average molecular weight is 300 g/mol. The molecule has 1 aromatic heterocycles. The molecule has 1 N–H and O–H groups in total. The molecule has 2 aromatic rings. The second-order valence-corrected chi connectivity index (χ2v) is 6.14. The van der Waals surface area contributed by atoms with Gasteiger partial charge in [0.25, 0.3) is 10.0 Å². The lowest BCUT2D eigenvalue weighted by atomic mass is 10.2. The minimum atomic E-state index is -3.65. The molecule has 19 heavy (non-hydrogen) atoms. The Morgan fingerprint density at radius 1 is 1.37 bits per heavy atom. The zero-order chi connectivity index (χ0) is 14.0. The predicted molar refractivity (Wildman–Crippen MR) is 74.9 cm³/mol. The molecule has 102 valence electrons. The summed E-state index contributed by atoms with van der Waals surface area (Å²) in [6.07, 6.45) is 1.55. The molecule has 0 aliphatic heterocycles. The van der Waals surface area contributed by atoms with Crippen LogP contribution in [-0.4, -0.2) is 18.2 Å². The molecule has 0 fully saturated rings. The maximum atomic E-state index is 12.2. The van der Waals surface area contributed by atoms with Gasteiger partial charge in [-0.05, 0) is 31.5 Å². The predicted octanol–water partition coefficient (Wildman–Crippen LogP) is 2.67. The Balaban J connectivity index is 2.35. The van der Waals surface area contributed by atoms with E-state index in [1.807, 2.05) is 13.8 Å². The zero-order valence-corrected chi connectivity index (χ0v) is 12.2. The number of nitrogens with zero attached hydrogens (tertiary/aromatic N) is 2. The summed E-state index contributed by atoms with van der Waals surface area (Å²) in [4.78, 5) is 0.131. The van der Waals surface area contributed by atoms with E-state index < -0.39 is 10.0 Å². The van der Waals surface area contributed by atoms with Gasteiger partial charge in [0.15, 0.2) is 0 Å². The monoisotopic (exact) mass is 299 g/mol. The molecule has 7 heteroatoms. The molecule has 5 nitrogen and oxygen atoms in total. The highest BCUT2D eigenvalue weighted by Gasteiger charge is 2.17. The van der Waals surface area contributed by atoms with Crippen molar-refractivity contribution in [1.29, 1.82) is 0 Å². The molecule has 0 aliphatic rings. The van der Waals surface area contributed by atoms with Crippen LogP contribution in [0.3, 0.4) is 0 Å². The fourth-order valence-corrected chi connectivity index (χ4v) is 2.94. The van der Waals surface area contributed by atoms with Crippen molar-refractivity contribution in [3.05, 3.63) is 41.0 Å². The summed E-state index contributed by atoms with van der Waals surface area (Å²) in [6.45, 7) is 4.28. The fraction of sp³-hybridized carbons (Fsp3) is 0.250. The lowest BCUT2D eigenvalue weighted by Crippen LogP contribution is -2.16. The summed E-state index contributed by atoms with van der Waals surface area (Å²) in [6, 6.07) is 6.24. The summed E-state index contributed by atoms with van der Waals surface area (Å²) in [5.41, 5.74) is 0.833. The van der Waals surface area contributed by atoms with Crippen molar-refractivity contribution in [3.63, 3.8) is 0 Å². The standard InChI is InChI=1S/C12H14ClN3O2S/c1-3-16-12(6-7-14-16)15-19(17,18)10-5-4-9(2)11(13)8-10/h4-8,15H,3H2,1-2H3. The normalized spacial score (nSPS) is 11.5. The Morgan fingerprint density at radius 3 is 2.74 bits per heavy atom. The SMILES string of the molecule is CCn1nccc1NS(=O)(=O)c1ccc(C)c(Cl)c1. The number of hydrogen-bond acceptors (Lipinski definition) is 3. The molecule has 0 saturated carbocycles. The highest BCUT2D eigenvalue weighted by atomic mass is 35.5. The van der Waals surface area contributed by atoms with E-state index in [-0.39, 0.29) is 4.90 Å². The Bertz CT molecular complexity index is 695.